The molecule has 1 atom stereocenters. The van der Waals surface area contributed by atoms with Crippen LogP contribution in [0.4, 0.5) is 0 Å². The molecule has 0 unspecified atom stereocenters. The second kappa shape index (κ2) is 14.2. The van der Waals surface area contributed by atoms with E-state index in [-0.39, 0.29) is 18.4 Å². The van der Waals surface area contributed by atoms with Crippen LogP contribution in [0.15, 0.2) is 83.8 Å². The molecule has 0 spiro atoms. The Balaban J connectivity index is 1.85. The summed E-state index contributed by atoms with van der Waals surface area (Å²) in [6.45, 7) is 2.83. The monoisotopic (exact) mass is 528 g/mol. The minimum atomic E-state index is -0.646. The summed E-state index contributed by atoms with van der Waals surface area (Å²) in [4.78, 5) is 29.7. The molecule has 0 aliphatic rings. The first-order valence-electron chi connectivity index (χ1n) is 11.7. The number of thioether (sulfide) groups is 1. The van der Waals surface area contributed by atoms with E-state index in [1.54, 1.807) is 28.8 Å². The Morgan fingerprint density at radius 3 is 2.26 bits per heavy atom. The van der Waals surface area contributed by atoms with Gasteiger partial charge in [-0.2, -0.15) is 0 Å². The number of nitrogens with zero attached hydrogens (tertiary/aromatic N) is 1. The topological polar surface area (TPSA) is 49.4 Å². The van der Waals surface area contributed by atoms with Crippen LogP contribution in [0.25, 0.3) is 0 Å². The molecule has 3 aromatic rings. The first-order valence-corrected chi connectivity index (χ1v) is 13.4. The third kappa shape index (κ3) is 8.60. The summed E-state index contributed by atoms with van der Waals surface area (Å²) in [5.41, 5.74) is 1.82. The fourth-order valence-corrected chi connectivity index (χ4v) is 4.85. The van der Waals surface area contributed by atoms with Gasteiger partial charge in [-0.1, -0.05) is 84.7 Å². The molecular formula is C28H30Cl2N2O2S. The fraction of sp³-hybridized carbons (Fsp3) is 0.286. The highest BCUT2D eigenvalue weighted by atomic mass is 35.5. The lowest BCUT2D eigenvalue weighted by molar-refractivity contribution is -0.141. The van der Waals surface area contributed by atoms with Gasteiger partial charge in [-0.25, -0.2) is 0 Å². The third-order valence-electron chi connectivity index (χ3n) is 5.49. The fourth-order valence-electron chi connectivity index (χ4n) is 3.67. The van der Waals surface area contributed by atoms with Crippen LogP contribution in [0, 0.1) is 0 Å². The Labute approximate surface area is 222 Å². The van der Waals surface area contributed by atoms with Gasteiger partial charge in [0.05, 0.1) is 10.0 Å². The summed E-state index contributed by atoms with van der Waals surface area (Å²) in [5.74, 6) is 0.391. The van der Waals surface area contributed by atoms with Crippen LogP contribution in [-0.4, -0.2) is 35.1 Å². The van der Waals surface area contributed by atoms with E-state index in [4.69, 9.17) is 23.2 Å². The Bertz CT molecular complexity index is 1100. The Morgan fingerprint density at radius 1 is 0.914 bits per heavy atom. The summed E-state index contributed by atoms with van der Waals surface area (Å²) in [7, 11) is 0. The Hall–Kier alpha value is -2.47. The van der Waals surface area contributed by atoms with Crippen LogP contribution < -0.4 is 5.32 Å². The van der Waals surface area contributed by atoms with Crippen molar-refractivity contribution in [3.8, 4) is 0 Å². The molecule has 3 aromatic carbocycles. The van der Waals surface area contributed by atoms with Crippen molar-refractivity contribution >= 4 is 46.8 Å². The molecule has 35 heavy (non-hydrogen) atoms. The van der Waals surface area contributed by atoms with Gasteiger partial charge in [-0.15, -0.1) is 11.8 Å². The molecule has 0 saturated heterocycles. The maximum Gasteiger partial charge on any atom is 0.243 e. The van der Waals surface area contributed by atoms with Crippen LogP contribution in [0.1, 0.15) is 30.9 Å². The Morgan fingerprint density at radius 2 is 1.60 bits per heavy atom. The van der Waals surface area contributed by atoms with Gasteiger partial charge in [0.2, 0.25) is 11.8 Å². The lowest BCUT2D eigenvalue weighted by Gasteiger charge is -2.31. The minimum absolute atomic E-state index is 0.0768. The van der Waals surface area contributed by atoms with Crippen molar-refractivity contribution in [2.45, 2.75) is 43.7 Å². The van der Waals surface area contributed by atoms with Crippen LogP contribution in [0.3, 0.4) is 0 Å². The molecule has 0 heterocycles. The quantitative estimate of drug-likeness (QED) is 0.268. The van der Waals surface area contributed by atoms with E-state index < -0.39 is 6.04 Å². The smallest absolute Gasteiger partial charge is 0.243 e. The van der Waals surface area contributed by atoms with Gasteiger partial charge >= 0.3 is 0 Å². The van der Waals surface area contributed by atoms with E-state index in [9.17, 15) is 9.59 Å². The molecule has 0 radical (unpaired) electrons. The van der Waals surface area contributed by atoms with Gasteiger partial charge in [0.25, 0.3) is 0 Å². The standard InChI is InChI=1S/C28H30Cl2N2O2S/c1-2-16-31-28(34)26(19-21-9-5-3-6-10-21)32(20-22-13-14-24(29)25(30)18-22)27(33)15-17-35-23-11-7-4-8-12-23/h3-14,18,26H,2,15-17,19-20H2,1H3,(H,31,34)/t26-/m1/s1. The summed E-state index contributed by atoms with van der Waals surface area (Å²) < 4.78 is 0. The van der Waals surface area contributed by atoms with Gasteiger partial charge in [-0.05, 0) is 41.8 Å². The number of nitrogens with one attached hydrogen (secondary N) is 1. The average Bonchev–Trinajstić information content (AvgIpc) is 2.88. The highest BCUT2D eigenvalue weighted by Crippen LogP contribution is 2.25. The summed E-state index contributed by atoms with van der Waals surface area (Å²) in [6.07, 6.45) is 1.56. The average molecular weight is 530 g/mol. The van der Waals surface area contributed by atoms with Crippen molar-refractivity contribution in [2.75, 3.05) is 12.3 Å². The number of halogens is 2. The zero-order valence-electron chi connectivity index (χ0n) is 19.8. The van der Waals surface area contributed by atoms with Gasteiger partial charge in [0, 0.05) is 36.6 Å². The summed E-state index contributed by atoms with van der Waals surface area (Å²) >= 11 is 14.0. The molecule has 3 rings (SSSR count). The van der Waals surface area contributed by atoms with Gasteiger partial charge in [0.15, 0.2) is 0 Å². The third-order valence-corrected chi connectivity index (χ3v) is 7.24. The number of hydrogen-bond acceptors (Lipinski definition) is 3. The molecule has 0 saturated carbocycles. The molecule has 184 valence electrons. The van der Waals surface area contributed by atoms with Gasteiger partial charge < -0.3 is 10.2 Å². The maximum absolute atomic E-state index is 13.6. The summed E-state index contributed by atoms with van der Waals surface area (Å²) in [6, 6.07) is 24.4. The highest BCUT2D eigenvalue weighted by Gasteiger charge is 2.30. The van der Waals surface area contributed by atoms with Crippen molar-refractivity contribution < 1.29 is 9.59 Å². The number of carbonyl (C=O) groups is 2. The van der Waals surface area contributed by atoms with E-state index in [2.05, 4.69) is 5.32 Å². The second-order valence-corrected chi connectivity index (χ2v) is 10.2. The van der Waals surface area contributed by atoms with Crippen molar-refractivity contribution in [3.63, 3.8) is 0 Å². The lowest BCUT2D eigenvalue weighted by Crippen LogP contribution is -2.50. The Kier molecular flexibility index (Phi) is 11.0. The van der Waals surface area contributed by atoms with Crippen LogP contribution >= 0.6 is 35.0 Å². The van der Waals surface area contributed by atoms with Crippen LogP contribution in [0.5, 0.6) is 0 Å². The molecule has 0 aliphatic heterocycles. The van der Waals surface area contributed by atoms with E-state index >= 15 is 0 Å². The number of rotatable bonds is 12. The first-order chi connectivity index (χ1) is 17.0. The molecule has 0 bridgehead atoms. The minimum Gasteiger partial charge on any atom is -0.354 e. The summed E-state index contributed by atoms with van der Waals surface area (Å²) in [5, 5.41) is 3.87. The van der Waals surface area contributed by atoms with Crippen molar-refractivity contribution in [1.82, 2.24) is 10.2 Å². The highest BCUT2D eigenvalue weighted by molar-refractivity contribution is 7.99. The number of benzene rings is 3. The van der Waals surface area contributed by atoms with Crippen LogP contribution in [-0.2, 0) is 22.6 Å². The zero-order chi connectivity index (χ0) is 25.0. The largest absolute Gasteiger partial charge is 0.354 e. The number of amides is 2. The molecular weight excluding hydrogens is 499 g/mol. The molecule has 2 amide bonds. The molecule has 0 aromatic heterocycles. The van der Waals surface area contributed by atoms with Crippen molar-refractivity contribution in [1.29, 1.82) is 0 Å². The molecule has 7 heteroatoms. The van der Waals surface area contributed by atoms with Crippen molar-refractivity contribution in [3.05, 3.63) is 100 Å². The zero-order valence-corrected chi connectivity index (χ0v) is 22.1. The van der Waals surface area contributed by atoms with E-state index in [1.165, 1.54) is 0 Å². The van der Waals surface area contributed by atoms with Crippen molar-refractivity contribution in [2.24, 2.45) is 0 Å². The predicted octanol–water partition coefficient (Wildman–Crippen LogP) is 6.64. The number of carbonyl (C=O) groups excluding carboxylic acids is 2. The predicted molar refractivity (Wildman–Crippen MR) is 146 cm³/mol. The SMILES string of the molecule is CCCNC(=O)[C@@H](Cc1ccccc1)N(Cc1ccc(Cl)c(Cl)c1)C(=O)CCSc1ccccc1. The lowest BCUT2D eigenvalue weighted by atomic mass is 10.0. The number of hydrogen-bond donors (Lipinski definition) is 1. The second-order valence-electron chi connectivity index (χ2n) is 8.18. The first kappa shape index (κ1) is 27.1. The van der Waals surface area contributed by atoms with Crippen LogP contribution in [0.2, 0.25) is 10.0 Å². The molecule has 0 fully saturated rings. The molecule has 4 nitrogen and oxygen atoms in total. The van der Waals surface area contributed by atoms with Gasteiger partial charge in [0.1, 0.15) is 6.04 Å². The molecule has 1 N–H and O–H groups in total. The van der Waals surface area contributed by atoms with E-state index in [1.807, 2.05) is 73.7 Å². The maximum atomic E-state index is 13.6. The van der Waals surface area contributed by atoms with E-state index in [0.29, 0.717) is 35.2 Å². The van der Waals surface area contributed by atoms with Gasteiger partial charge in [-0.3, -0.25) is 9.59 Å². The van der Waals surface area contributed by atoms with E-state index in [0.717, 1.165) is 22.4 Å². The molecule has 0 aliphatic carbocycles. The normalized spacial score (nSPS) is 11.6.